The van der Waals surface area contributed by atoms with Crippen LogP contribution in [0, 0.1) is 6.92 Å². The van der Waals surface area contributed by atoms with Crippen molar-refractivity contribution in [2.24, 2.45) is 0 Å². The highest BCUT2D eigenvalue weighted by atomic mass is 35.5. The number of aromatic nitrogens is 1. The second kappa shape index (κ2) is 9.53. The molecule has 1 aromatic heterocycles. The average molecular weight is 534 g/mol. The molecule has 1 fully saturated rings. The molecule has 0 bridgehead atoms. The number of thiazole rings is 1. The van der Waals surface area contributed by atoms with Crippen LogP contribution >= 0.6 is 22.9 Å². The number of aliphatic hydroxyl groups is 1. The fraction of sp³-hybridized carbons (Fsp3) is 0.179. The largest absolute Gasteiger partial charge is 0.507 e. The van der Waals surface area contributed by atoms with Gasteiger partial charge in [0.05, 0.1) is 34.0 Å². The smallest absolute Gasteiger partial charge is 0.301 e. The maximum absolute atomic E-state index is 13.5. The number of hydrogen-bond donors (Lipinski definition) is 1. The lowest BCUT2D eigenvalue weighted by atomic mass is 9.95. The maximum atomic E-state index is 13.5. The number of carbonyl (C=O) groups is 2. The molecular formula is C28H24ClN3O4S. The Kier molecular flexibility index (Phi) is 6.39. The van der Waals surface area contributed by atoms with Gasteiger partial charge in [-0.05, 0) is 60.5 Å². The van der Waals surface area contributed by atoms with Crippen molar-refractivity contribution >= 4 is 61.4 Å². The number of ether oxygens (including phenoxy) is 1. The van der Waals surface area contributed by atoms with E-state index in [4.69, 9.17) is 16.3 Å². The first kappa shape index (κ1) is 24.8. The molecule has 1 aliphatic rings. The van der Waals surface area contributed by atoms with E-state index in [9.17, 15) is 14.7 Å². The number of carbonyl (C=O) groups excluding carboxylic acids is 2. The Bertz CT molecular complexity index is 1580. The summed E-state index contributed by atoms with van der Waals surface area (Å²) in [6.07, 6.45) is 0. The Morgan fingerprint density at radius 2 is 1.81 bits per heavy atom. The SMILES string of the molecule is COc1cc(/C(O)=C2\C(=O)C(=O)N(c3nc4ccc(C)cc4s3)C2c2ccc(N(C)C)cc2)ccc1Cl. The van der Waals surface area contributed by atoms with Crippen LogP contribution in [0.5, 0.6) is 5.75 Å². The maximum Gasteiger partial charge on any atom is 0.301 e. The van der Waals surface area contributed by atoms with Gasteiger partial charge in [-0.1, -0.05) is 41.1 Å². The number of anilines is 2. The summed E-state index contributed by atoms with van der Waals surface area (Å²) >= 11 is 7.50. The third kappa shape index (κ3) is 4.32. The van der Waals surface area contributed by atoms with E-state index in [0.717, 1.165) is 21.5 Å². The molecule has 37 heavy (non-hydrogen) atoms. The summed E-state index contributed by atoms with van der Waals surface area (Å²) in [6.45, 7) is 1.98. The lowest BCUT2D eigenvalue weighted by Gasteiger charge is -2.23. The van der Waals surface area contributed by atoms with Crippen LogP contribution in [0.4, 0.5) is 10.8 Å². The number of aryl methyl sites for hydroxylation is 1. The molecule has 1 atom stereocenters. The summed E-state index contributed by atoms with van der Waals surface area (Å²) in [4.78, 5) is 34.9. The van der Waals surface area contributed by atoms with Gasteiger partial charge in [0, 0.05) is 25.3 Å². The summed E-state index contributed by atoms with van der Waals surface area (Å²) in [6, 6.07) is 17.2. The van der Waals surface area contributed by atoms with Crippen molar-refractivity contribution < 1.29 is 19.4 Å². The molecule has 4 aromatic rings. The number of halogens is 1. The third-order valence-corrected chi connectivity index (χ3v) is 7.66. The fourth-order valence-corrected chi connectivity index (χ4v) is 5.67. The number of methoxy groups -OCH3 is 1. The Labute approximate surface area is 223 Å². The number of Topliss-reactive ketones (excluding diaryl/α,β-unsaturated/α-hetero) is 1. The van der Waals surface area contributed by atoms with E-state index in [0.29, 0.717) is 27.0 Å². The molecule has 5 rings (SSSR count). The number of nitrogens with zero attached hydrogens (tertiary/aromatic N) is 3. The molecule has 1 saturated heterocycles. The van der Waals surface area contributed by atoms with Crippen molar-refractivity contribution in [1.29, 1.82) is 0 Å². The van der Waals surface area contributed by atoms with Gasteiger partial charge in [-0.3, -0.25) is 14.5 Å². The molecule has 1 aliphatic heterocycles. The van der Waals surface area contributed by atoms with Gasteiger partial charge < -0.3 is 14.7 Å². The monoisotopic (exact) mass is 533 g/mol. The predicted octanol–water partition coefficient (Wildman–Crippen LogP) is 5.96. The van der Waals surface area contributed by atoms with Gasteiger partial charge in [-0.25, -0.2) is 4.98 Å². The molecule has 1 N–H and O–H groups in total. The Morgan fingerprint density at radius 3 is 2.49 bits per heavy atom. The molecule has 0 saturated carbocycles. The zero-order chi connectivity index (χ0) is 26.4. The number of fused-ring (bicyclic) bond motifs is 1. The van der Waals surface area contributed by atoms with Gasteiger partial charge in [0.1, 0.15) is 11.5 Å². The van der Waals surface area contributed by atoms with E-state index < -0.39 is 17.7 Å². The lowest BCUT2D eigenvalue weighted by molar-refractivity contribution is -0.132. The average Bonchev–Trinajstić information content (AvgIpc) is 3.41. The van der Waals surface area contributed by atoms with Crippen molar-refractivity contribution in [2.45, 2.75) is 13.0 Å². The van der Waals surface area contributed by atoms with Crippen LogP contribution in [-0.2, 0) is 9.59 Å². The molecule has 2 heterocycles. The highest BCUT2D eigenvalue weighted by Crippen LogP contribution is 2.45. The predicted molar refractivity (Wildman–Crippen MR) is 148 cm³/mol. The number of aliphatic hydroxyl groups excluding tert-OH is 1. The Balaban J connectivity index is 1.72. The third-order valence-electron chi connectivity index (χ3n) is 6.33. The summed E-state index contributed by atoms with van der Waals surface area (Å²) in [5.74, 6) is -1.51. The molecule has 188 valence electrons. The van der Waals surface area contributed by atoms with E-state index >= 15 is 0 Å². The van der Waals surface area contributed by atoms with Gasteiger partial charge in [-0.15, -0.1) is 0 Å². The van der Waals surface area contributed by atoms with E-state index in [1.54, 1.807) is 12.1 Å². The molecular weight excluding hydrogens is 510 g/mol. The summed E-state index contributed by atoms with van der Waals surface area (Å²) in [7, 11) is 5.32. The minimum absolute atomic E-state index is 0.0255. The topological polar surface area (TPSA) is 83.0 Å². The summed E-state index contributed by atoms with van der Waals surface area (Å²) in [5.41, 5.74) is 3.71. The fourth-order valence-electron chi connectivity index (χ4n) is 4.39. The van der Waals surface area contributed by atoms with Crippen LogP contribution in [0.15, 0.2) is 66.2 Å². The van der Waals surface area contributed by atoms with Crippen LogP contribution in [-0.4, -0.2) is 43.0 Å². The van der Waals surface area contributed by atoms with E-state index in [2.05, 4.69) is 4.98 Å². The van der Waals surface area contributed by atoms with Crippen molar-refractivity contribution in [2.75, 3.05) is 31.0 Å². The summed E-state index contributed by atoms with van der Waals surface area (Å²) in [5, 5.41) is 12.1. The van der Waals surface area contributed by atoms with Crippen LogP contribution in [0.1, 0.15) is 22.7 Å². The number of hydrogen-bond acceptors (Lipinski definition) is 7. The first-order valence-electron chi connectivity index (χ1n) is 11.5. The minimum atomic E-state index is -0.875. The number of amides is 1. The summed E-state index contributed by atoms with van der Waals surface area (Å²) < 4.78 is 6.19. The standard InChI is InChI=1S/C28H24ClN3O4S/c1-15-5-12-20-22(13-15)37-28(30-20)32-24(16-6-9-18(10-7-16)31(2)3)23(26(34)27(32)35)25(33)17-8-11-19(29)21(14-17)36-4/h5-14,24,33H,1-4H3/b25-23+. The van der Waals surface area contributed by atoms with Crippen LogP contribution in [0.2, 0.25) is 5.02 Å². The first-order chi connectivity index (χ1) is 17.7. The van der Waals surface area contributed by atoms with Crippen LogP contribution < -0.4 is 14.5 Å². The van der Waals surface area contributed by atoms with E-state index in [1.165, 1.54) is 29.4 Å². The van der Waals surface area contributed by atoms with E-state index in [-0.39, 0.29) is 11.3 Å². The van der Waals surface area contributed by atoms with Gasteiger partial charge in [0.15, 0.2) is 5.13 Å². The van der Waals surface area contributed by atoms with Gasteiger partial charge in [-0.2, -0.15) is 0 Å². The highest BCUT2D eigenvalue weighted by Gasteiger charge is 2.48. The molecule has 0 aliphatic carbocycles. The number of rotatable bonds is 5. The van der Waals surface area contributed by atoms with Crippen molar-refractivity contribution in [3.63, 3.8) is 0 Å². The van der Waals surface area contributed by atoms with Gasteiger partial charge in [0.2, 0.25) is 0 Å². The lowest BCUT2D eigenvalue weighted by Crippen LogP contribution is -2.29. The normalized spacial score (nSPS) is 17.0. The molecule has 3 aromatic carbocycles. The van der Waals surface area contributed by atoms with Crippen molar-refractivity contribution in [3.05, 3.63) is 87.9 Å². The van der Waals surface area contributed by atoms with Crippen LogP contribution in [0.3, 0.4) is 0 Å². The Hall–Kier alpha value is -3.88. The molecule has 1 amide bonds. The second-order valence-electron chi connectivity index (χ2n) is 8.97. The van der Waals surface area contributed by atoms with Gasteiger partial charge in [0.25, 0.3) is 5.78 Å². The second-order valence-corrected chi connectivity index (χ2v) is 10.4. The van der Waals surface area contributed by atoms with Crippen molar-refractivity contribution in [3.8, 4) is 5.75 Å². The van der Waals surface area contributed by atoms with Crippen molar-refractivity contribution in [1.82, 2.24) is 4.98 Å². The number of benzene rings is 3. The zero-order valence-corrected chi connectivity index (χ0v) is 22.2. The molecule has 9 heteroatoms. The molecule has 7 nitrogen and oxygen atoms in total. The van der Waals surface area contributed by atoms with Gasteiger partial charge >= 0.3 is 5.91 Å². The quantitative estimate of drug-likeness (QED) is 0.194. The molecule has 0 spiro atoms. The van der Waals surface area contributed by atoms with Crippen LogP contribution in [0.25, 0.3) is 16.0 Å². The molecule has 0 radical (unpaired) electrons. The number of ketones is 1. The first-order valence-corrected chi connectivity index (χ1v) is 12.7. The molecule has 1 unspecified atom stereocenters. The Morgan fingerprint density at radius 1 is 1.08 bits per heavy atom. The minimum Gasteiger partial charge on any atom is -0.507 e. The zero-order valence-electron chi connectivity index (χ0n) is 20.7. The highest BCUT2D eigenvalue weighted by molar-refractivity contribution is 7.22. The van der Waals surface area contributed by atoms with E-state index in [1.807, 2.05) is 68.4 Å².